The van der Waals surface area contributed by atoms with E-state index in [9.17, 15) is 9.59 Å². The van der Waals surface area contributed by atoms with E-state index in [0.717, 1.165) is 15.7 Å². The van der Waals surface area contributed by atoms with Gasteiger partial charge in [-0.2, -0.15) is 0 Å². The van der Waals surface area contributed by atoms with Gasteiger partial charge in [0.2, 0.25) is 0 Å². The van der Waals surface area contributed by atoms with Crippen LogP contribution in [0.1, 0.15) is 47.1 Å². The molecule has 2 aromatic carbocycles. The third-order valence-corrected chi connectivity index (χ3v) is 3.84. The summed E-state index contributed by atoms with van der Waals surface area (Å²) < 4.78 is 0.901. The number of aryl methyl sites for hydroxylation is 1. The number of nitrogens with one attached hydrogen (secondary N) is 2. The normalized spacial score (nSPS) is 11.0. The molecule has 0 saturated heterocycles. The van der Waals surface area contributed by atoms with Gasteiger partial charge in [-0.1, -0.05) is 22.0 Å². The lowest BCUT2D eigenvalue weighted by Gasteiger charge is -2.20. The summed E-state index contributed by atoms with van der Waals surface area (Å²) in [5.74, 6) is -0.365. The molecule has 0 aliphatic carbocycles. The van der Waals surface area contributed by atoms with Gasteiger partial charge in [0.05, 0.1) is 0 Å². The lowest BCUT2D eigenvalue weighted by Crippen LogP contribution is -2.40. The van der Waals surface area contributed by atoms with Gasteiger partial charge in [0.15, 0.2) is 0 Å². The van der Waals surface area contributed by atoms with Crippen molar-refractivity contribution >= 4 is 33.4 Å². The molecule has 5 heteroatoms. The molecule has 0 radical (unpaired) electrons. The van der Waals surface area contributed by atoms with E-state index in [2.05, 4.69) is 26.6 Å². The molecule has 2 rings (SSSR count). The largest absolute Gasteiger partial charge is 0.347 e. The van der Waals surface area contributed by atoms with Gasteiger partial charge in [-0.15, -0.1) is 0 Å². The van der Waals surface area contributed by atoms with Crippen molar-refractivity contribution in [2.45, 2.75) is 33.2 Å². The summed E-state index contributed by atoms with van der Waals surface area (Å²) in [6, 6.07) is 12.3. The second-order valence-electron chi connectivity index (χ2n) is 6.69. The summed E-state index contributed by atoms with van der Waals surface area (Å²) in [4.78, 5) is 24.5. The zero-order valence-electron chi connectivity index (χ0n) is 14.2. The predicted octanol–water partition coefficient (Wildman–Crippen LogP) is 4.54. The molecule has 0 bridgehead atoms. The van der Waals surface area contributed by atoms with Gasteiger partial charge in [0, 0.05) is 26.8 Å². The third-order valence-electron chi connectivity index (χ3n) is 3.35. The summed E-state index contributed by atoms with van der Waals surface area (Å²) in [6.45, 7) is 7.70. The minimum atomic E-state index is -0.300. The van der Waals surface area contributed by atoms with E-state index in [4.69, 9.17) is 0 Å². The summed E-state index contributed by atoms with van der Waals surface area (Å²) in [7, 11) is 0. The van der Waals surface area contributed by atoms with Gasteiger partial charge >= 0.3 is 0 Å². The second-order valence-corrected chi connectivity index (χ2v) is 7.61. The number of hydrogen-bond acceptors (Lipinski definition) is 2. The number of hydrogen-bond donors (Lipinski definition) is 2. The Balaban J connectivity index is 2.11. The third kappa shape index (κ3) is 4.93. The van der Waals surface area contributed by atoms with E-state index in [1.165, 1.54) is 0 Å². The first-order valence-electron chi connectivity index (χ1n) is 7.66. The number of anilines is 1. The average Bonchev–Trinajstić information content (AvgIpc) is 2.49. The Hall–Kier alpha value is -2.14. The Morgan fingerprint density at radius 3 is 2.00 bits per heavy atom. The smallest absolute Gasteiger partial charge is 0.255 e. The molecule has 0 unspecified atom stereocenters. The van der Waals surface area contributed by atoms with Crippen LogP contribution in [-0.4, -0.2) is 17.4 Å². The predicted molar refractivity (Wildman–Crippen MR) is 100 cm³/mol. The van der Waals surface area contributed by atoms with E-state index >= 15 is 0 Å². The standard InChI is InChI=1S/C19H21BrN2O2/c1-12-5-10-15(20)11-16(12)21-17(23)13-6-8-14(9-7-13)18(24)22-19(2,3)4/h5-11H,1-4H3,(H,21,23)(H,22,24). The molecule has 4 nitrogen and oxygen atoms in total. The van der Waals surface area contributed by atoms with Gasteiger partial charge < -0.3 is 10.6 Å². The molecule has 24 heavy (non-hydrogen) atoms. The minimum absolute atomic E-state index is 0.155. The van der Waals surface area contributed by atoms with Crippen LogP contribution in [0.5, 0.6) is 0 Å². The van der Waals surface area contributed by atoms with Gasteiger partial charge in [-0.3, -0.25) is 9.59 Å². The molecule has 2 amide bonds. The lowest BCUT2D eigenvalue weighted by atomic mass is 10.1. The summed E-state index contributed by atoms with van der Waals surface area (Å²) in [5.41, 5.74) is 2.46. The van der Waals surface area contributed by atoms with Crippen molar-refractivity contribution in [3.8, 4) is 0 Å². The Morgan fingerprint density at radius 2 is 1.46 bits per heavy atom. The Bertz CT molecular complexity index is 762. The number of carbonyl (C=O) groups excluding carboxylic acids is 2. The fourth-order valence-corrected chi connectivity index (χ4v) is 2.47. The zero-order chi connectivity index (χ0) is 17.9. The number of amides is 2. The molecular formula is C19H21BrN2O2. The van der Waals surface area contributed by atoms with Crippen LogP contribution in [-0.2, 0) is 0 Å². The van der Waals surface area contributed by atoms with Crippen LogP contribution in [0.4, 0.5) is 5.69 Å². The van der Waals surface area contributed by atoms with Crippen LogP contribution in [0.25, 0.3) is 0 Å². The molecule has 0 aliphatic heterocycles. The van der Waals surface area contributed by atoms with Crippen molar-refractivity contribution < 1.29 is 9.59 Å². The molecule has 0 aliphatic rings. The van der Waals surface area contributed by atoms with Crippen molar-refractivity contribution in [3.63, 3.8) is 0 Å². The first kappa shape index (κ1) is 18.2. The topological polar surface area (TPSA) is 58.2 Å². The number of halogens is 1. The Kier molecular flexibility index (Phi) is 5.44. The monoisotopic (exact) mass is 388 g/mol. The van der Waals surface area contributed by atoms with Crippen molar-refractivity contribution in [3.05, 3.63) is 63.6 Å². The first-order valence-corrected chi connectivity index (χ1v) is 8.45. The molecule has 0 atom stereocenters. The van der Waals surface area contributed by atoms with Gasteiger partial charge in [0.1, 0.15) is 0 Å². The minimum Gasteiger partial charge on any atom is -0.347 e. The lowest BCUT2D eigenvalue weighted by molar-refractivity contribution is 0.0918. The van der Waals surface area contributed by atoms with E-state index in [-0.39, 0.29) is 17.4 Å². The molecule has 0 heterocycles. The van der Waals surface area contributed by atoms with Crippen LogP contribution in [0, 0.1) is 6.92 Å². The highest BCUT2D eigenvalue weighted by Crippen LogP contribution is 2.21. The number of benzene rings is 2. The molecular weight excluding hydrogens is 368 g/mol. The van der Waals surface area contributed by atoms with Crippen LogP contribution in [0.2, 0.25) is 0 Å². The highest BCUT2D eigenvalue weighted by Gasteiger charge is 2.16. The zero-order valence-corrected chi connectivity index (χ0v) is 15.8. The average molecular weight is 389 g/mol. The summed E-state index contributed by atoms with van der Waals surface area (Å²) >= 11 is 3.40. The highest BCUT2D eigenvalue weighted by atomic mass is 79.9. The van der Waals surface area contributed by atoms with Crippen LogP contribution in [0.15, 0.2) is 46.9 Å². The van der Waals surface area contributed by atoms with Gasteiger partial charge in [0.25, 0.3) is 11.8 Å². The Labute approximate surface area is 150 Å². The Morgan fingerprint density at radius 1 is 0.917 bits per heavy atom. The molecule has 0 saturated carbocycles. The van der Waals surface area contributed by atoms with Crippen LogP contribution >= 0.6 is 15.9 Å². The van der Waals surface area contributed by atoms with E-state index in [1.54, 1.807) is 24.3 Å². The summed E-state index contributed by atoms with van der Waals surface area (Å²) in [5, 5.41) is 5.78. The van der Waals surface area contributed by atoms with Crippen molar-refractivity contribution in [2.24, 2.45) is 0 Å². The van der Waals surface area contributed by atoms with Crippen molar-refractivity contribution in [1.29, 1.82) is 0 Å². The van der Waals surface area contributed by atoms with E-state index < -0.39 is 0 Å². The maximum Gasteiger partial charge on any atom is 0.255 e. The second kappa shape index (κ2) is 7.18. The summed E-state index contributed by atoms with van der Waals surface area (Å²) in [6.07, 6.45) is 0. The highest BCUT2D eigenvalue weighted by molar-refractivity contribution is 9.10. The van der Waals surface area contributed by atoms with E-state index in [0.29, 0.717) is 11.1 Å². The molecule has 0 aromatic heterocycles. The number of rotatable bonds is 3. The first-order chi connectivity index (χ1) is 11.2. The van der Waals surface area contributed by atoms with Crippen molar-refractivity contribution in [2.75, 3.05) is 5.32 Å². The quantitative estimate of drug-likeness (QED) is 0.810. The van der Waals surface area contributed by atoms with Crippen molar-refractivity contribution in [1.82, 2.24) is 5.32 Å². The SMILES string of the molecule is Cc1ccc(Br)cc1NC(=O)c1ccc(C(=O)NC(C)(C)C)cc1. The maximum atomic E-state index is 12.4. The molecule has 126 valence electrons. The van der Waals surface area contributed by atoms with Gasteiger partial charge in [-0.05, 0) is 69.7 Å². The molecule has 2 aromatic rings. The molecule has 2 N–H and O–H groups in total. The van der Waals surface area contributed by atoms with E-state index in [1.807, 2.05) is 45.9 Å². The number of carbonyl (C=O) groups is 2. The van der Waals surface area contributed by atoms with Crippen LogP contribution in [0.3, 0.4) is 0 Å². The van der Waals surface area contributed by atoms with Crippen LogP contribution < -0.4 is 10.6 Å². The molecule has 0 spiro atoms. The fraction of sp³-hybridized carbons (Fsp3) is 0.263. The fourth-order valence-electron chi connectivity index (χ4n) is 2.11. The van der Waals surface area contributed by atoms with Gasteiger partial charge in [-0.25, -0.2) is 0 Å². The maximum absolute atomic E-state index is 12.4. The molecule has 0 fully saturated rings.